The van der Waals surface area contributed by atoms with E-state index < -0.39 is 0 Å². The van der Waals surface area contributed by atoms with Crippen LogP contribution in [0.25, 0.3) is 11.6 Å². The van der Waals surface area contributed by atoms with Gasteiger partial charge in [0.1, 0.15) is 5.69 Å². The maximum absolute atomic E-state index is 5.60. The Balaban J connectivity index is 2.33. The summed E-state index contributed by atoms with van der Waals surface area (Å²) in [5.74, 6) is 0.892. The topological polar surface area (TPSA) is 82.8 Å². The summed E-state index contributed by atoms with van der Waals surface area (Å²) in [5, 5.41) is 3.74. The minimum atomic E-state index is -0.226. The second-order valence-corrected chi connectivity index (χ2v) is 3.17. The summed E-state index contributed by atoms with van der Waals surface area (Å²) < 4.78 is 6.82. The van der Waals surface area contributed by atoms with Gasteiger partial charge in [-0.1, -0.05) is 5.16 Å². The van der Waals surface area contributed by atoms with E-state index >= 15 is 0 Å². The van der Waals surface area contributed by atoms with Crippen LogP contribution in [-0.2, 0) is 7.05 Å². The zero-order valence-electron chi connectivity index (χ0n) is 8.01. The molecule has 0 bridgehead atoms. The summed E-state index contributed by atoms with van der Waals surface area (Å²) in [5.41, 5.74) is 6.26. The van der Waals surface area contributed by atoms with Crippen molar-refractivity contribution in [3.8, 4) is 11.6 Å². The van der Waals surface area contributed by atoms with Gasteiger partial charge in [0.05, 0.1) is 12.4 Å². The van der Waals surface area contributed by atoms with Crippen molar-refractivity contribution in [1.29, 1.82) is 0 Å². The minimum absolute atomic E-state index is 0.226. The molecule has 2 heterocycles. The summed E-state index contributed by atoms with van der Waals surface area (Å²) in [7, 11) is 1.87. The van der Waals surface area contributed by atoms with E-state index in [1.807, 2.05) is 11.6 Å². The SMILES string of the molecule is CC(N)c1noc(-c2cn(C)cn2)n1. The first-order chi connectivity index (χ1) is 6.66. The van der Waals surface area contributed by atoms with Gasteiger partial charge in [-0.3, -0.25) is 0 Å². The van der Waals surface area contributed by atoms with Crippen LogP contribution < -0.4 is 5.73 Å². The molecule has 0 spiro atoms. The van der Waals surface area contributed by atoms with Crippen molar-refractivity contribution < 1.29 is 4.52 Å². The van der Waals surface area contributed by atoms with Gasteiger partial charge in [-0.25, -0.2) is 4.98 Å². The number of hydrogen-bond donors (Lipinski definition) is 1. The van der Waals surface area contributed by atoms with E-state index in [4.69, 9.17) is 10.3 Å². The van der Waals surface area contributed by atoms with Crippen LogP contribution in [0, 0.1) is 0 Å². The molecule has 0 aliphatic rings. The highest BCUT2D eigenvalue weighted by Crippen LogP contribution is 2.15. The zero-order valence-corrected chi connectivity index (χ0v) is 8.01. The van der Waals surface area contributed by atoms with Gasteiger partial charge >= 0.3 is 0 Å². The Hall–Kier alpha value is -1.69. The molecule has 0 radical (unpaired) electrons. The maximum Gasteiger partial charge on any atom is 0.278 e. The van der Waals surface area contributed by atoms with E-state index in [2.05, 4.69) is 15.1 Å². The van der Waals surface area contributed by atoms with E-state index in [-0.39, 0.29) is 6.04 Å². The summed E-state index contributed by atoms with van der Waals surface area (Å²) in [6.45, 7) is 1.80. The number of hydrogen-bond acceptors (Lipinski definition) is 5. The number of rotatable bonds is 2. The minimum Gasteiger partial charge on any atom is -0.340 e. The second kappa shape index (κ2) is 3.22. The first-order valence-electron chi connectivity index (χ1n) is 4.24. The molecule has 2 rings (SSSR count). The van der Waals surface area contributed by atoms with E-state index in [0.29, 0.717) is 17.4 Å². The van der Waals surface area contributed by atoms with Gasteiger partial charge in [0.2, 0.25) is 0 Å². The number of nitrogens with zero attached hydrogens (tertiary/aromatic N) is 4. The number of imidazole rings is 1. The lowest BCUT2D eigenvalue weighted by Gasteiger charge is -1.92. The van der Waals surface area contributed by atoms with Crippen molar-refractivity contribution in [2.75, 3.05) is 0 Å². The second-order valence-electron chi connectivity index (χ2n) is 3.17. The molecule has 0 aliphatic heterocycles. The molecular weight excluding hydrogens is 182 g/mol. The van der Waals surface area contributed by atoms with Crippen molar-refractivity contribution in [1.82, 2.24) is 19.7 Å². The van der Waals surface area contributed by atoms with E-state index in [1.54, 1.807) is 19.4 Å². The fraction of sp³-hybridized carbons (Fsp3) is 0.375. The van der Waals surface area contributed by atoms with Gasteiger partial charge in [-0.2, -0.15) is 4.98 Å². The van der Waals surface area contributed by atoms with Gasteiger partial charge in [0, 0.05) is 13.2 Å². The molecule has 1 unspecified atom stereocenters. The third-order valence-electron chi connectivity index (χ3n) is 1.77. The average Bonchev–Trinajstić information content (AvgIpc) is 2.70. The number of nitrogens with two attached hydrogens (primary N) is 1. The molecule has 2 N–H and O–H groups in total. The van der Waals surface area contributed by atoms with Crippen molar-refractivity contribution >= 4 is 0 Å². The van der Waals surface area contributed by atoms with Crippen molar-refractivity contribution in [3.63, 3.8) is 0 Å². The molecule has 6 nitrogen and oxygen atoms in total. The number of aromatic nitrogens is 4. The molecule has 0 saturated carbocycles. The Labute approximate surface area is 80.7 Å². The van der Waals surface area contributed by atoms with Crippen LogP contribution in [0.4, 0.5) is 0 Å². The van der Waals surface area contributed by atoms with Gasteiger partial charge in [0.15, 0.2) is 5.82 Å². The van der Waals surface area contributed by atoms with E-state index in [0.717, 1.165) is 0 Å². The zero-order chi connectivity index (χ0) is 10.1. The normalized spacial score (nSPS) is 13.1. The quantitative estimate of drug-likeness (QED) is 0.750. The molecule has 0 saturated heterocycles. The fourth-order valence-corrected chi connectivity index (χ4v) is 1.05. The van der Waals surface area contributed by atoms with Crippen LogP contribution >= 0.6 is 0 Å². The third-order valence-corrected chi connectivity index (χ3v) is 1.77. The fourth-order valence-electron chi connectivity index (χ4n) is 1.05. The van der Waals surface area contributed by atoms with Crippen LogP contribution in [0.5, 0.6) is 0 Å². The smallest absolute Gasteiger partial charge is 0.278 e. The average molecular weight is 193 g/mol. The summed E-state index contributed by atoms with van der Waals surface area (Å²) in [6.07, 6.45) is 3.48. The van der Waals surface area contributed by atoms with Crippen LogP contribution in [0.3, 0.4) is 0 Å². The highest BCUT2D eigenvalue weighted by Gasteiger charge is 2.12. The molecule has 1 atom stereocenters. The first-order valence-corrected chi connectivity index (χ1v) is 4.24. The van der Waals surface area contributed by atoms with Gasteiger partial charge in [0.25, 0.3) is 5.89 Å². The molecule has 0 fully saturated rings. The predicted octanol–water partition coefficient (Wildman–Crippen LogP) is 0.490. The molecule has 0 aromatic carbocycles. The van der Waals surface area contributed by atoms with Gasteiger partial charge in [-0.15, -0.1) is 0 Å². The van der Waals surface area contributed by atoms with Crippen molar-refractivity contribution in [2.24, 2.45) is 12.8 Å². The van der Waals surface area contributed by atoms with Gasteiger partial charge in [-0.05, 0) is 6.92 Å². The molecule has 14 heavy (non-hydrogen) atoms. The Morgan fingerprint density at radius 1 is 1.57 bits per heavy atom. The third kappa shape index (κ3) is 1.51. The number of aryl methyl sites for hydroxylation is 1. The standard InChI is InChI=1S/C8H11N5O/c1-5(9)7-11-8(14-12-7)6-3-13(2)4-10-6/h3-5H,9H2,1-2H3. The Bertz CT molecular complexity index is 430. The van der Waals surface area contributed by atoms with Crippen molar-refractivity contribution in [3.05, 3.63) is 18.3 Å². The predicted molar refractivity (Wildman–Crippen MR) is 49.1 cm³/mol. The maximum atomic E-state index is 5.60. The monoisotopic (exact) mass is 193 g/mol. The Morgan fingerprint density at radius 2 is 2.36 bits per heavy atom. The molecule has 0 aliphatic carbocycles. The lowest BCUT2D eigenvalue weighted by Crippen LogP contribution is -2.06. The molecule has 2 aromatic heterocycles. The van der Waals surface area contributed by atoms with Gasteiger partial charge < -0.3 is 14.8 Å². The summed E-state index contributed by atoms with van der Waals surface area (Å²) >= 11 is 0. The summed E-state index contributed by atoms with van der Waals surface area (Å²) in [6, 6.07) is -0.226. The van der Waals surface area contributed by atoms with E-state index in [1.165, 1.54) is 0 Å². The lowest BCUT2D eigenvalue weighted by molar-refractivity contribution is 0.417. The molecule has 74 valence electrons. The highest BCUT2D eigenvalue weighted by atomic mass is 16.5. The Morgan fingerprint density at radius 3 is 2.86 bits per heavy atom. The lowest BCUT2D eigenvalue weighted by atomic mass is 10.3. The molecule has 0 amide bonds. The highest BCUT2D eigenvalue weighted by molar-refractivity contribution is 5.44. The van der Waals surface area contributed by atoms with Crippen molar-refractivity contribution in [2.45, 2.75) is 13.0 Å². The van der Waals surface area contributed by atoms with Crippen LogP contribution in [0.2, 0.25) is 0 Å². The Kier molecular flexibility index (Phi) is 2.05. The van der Waals surface area contributed by atoms with Crippen LogP contribution in [0.15, 0.2) is 17.0 Å². The summed E-state index contributed by atoms with van der Waals surface area (Å²) in [4.78, 5) is 8.20. The van der Waals surface area contributed by atoms with E-state index in [9.17, 15) is 0 Å². The molecule has 6 heteroatoms. The molecular formula is C8H11N5O. The van der Waals surface area contributed by atoms with Crippen LogP contribution in [0.1, 0.15) is 18.8 Å². The first kappa shape index (κ1) is 8.89. The molecule has 2 aromatic rings. The van der Waals surface area contributed by atoms with Crippen LogP contribution in [-0.4, -0.2) is 19.7 Å². The largest absolute Gasteiger partial charge is 0.340 e.